The Balaban J connectivity index is 2.06. The van der Waals surface area contributed by atoms with E-state index in [1.165, 1.54) is 18.2 Å². The Morgan fingerprint density at radius 2 is 2.30 bits per heavy atom. The highest BCUT2D eigenvalue weighted by molar-refractivity contribution is 7.89. The van der Waals surface area contributed by atoms with Crippen LogP contribution in [0.1, 0.15) is 18.4 Å². The van der Waals surface area contributed by atoms with Gasteiger partial charge in [0.05, 0.1) is 22.1 Å². The molecule has 1 aromatic rings. The fourth-order valence-corrected chi connectivity index (χ4v) is 3.46. The highest BCUT2D eigenvalue weighted by Crippen LogP contribution is 2.20. The Hall–Kier alpha value is -1.13. The third-order valence-corrected chi connectivity index (χ3v) is 4.92. The molecule has 0 amide bonds. The fourth-order valence-electron chi connectivity index (χ4n) is 2.03. The van der Waals surface area contributed by atoms with Gasteiger partial charge in [-0.25, -0.2) is 13.1 Å². The molecule has 0 saturated carbocycles. The molecule has 1 unspecified atom stereocenters. The van der Waals surface area contributed by atoms with E-state index in [1.54, 1.807) is 0 Å². The average Bonchev–Trinajstić information content (AvgIpc) is 2.46. The van der Waals surface area contributed by atoms with E-state index in [9.17, 15) is 8.42 Å². The quantitative estimate of drug-likeness (QED) is 0.920. The van der Waals surface area contributed by atoms with Gasteiger partial charge in [0.1, 0.15) is 6.07 Å². The number of benzene rings is 1. The predicted molar refractivity (Wildman–Crippen MR) is 74.9 cm³/mol. The van der Waals surface area contributed by atoms with Gasteiger partial charge < -0.3 is 4.74 Å². The van der Waals surface area contributed by atoms with E-state index in [4.69, 9.17) is 21.6 Å². The van der Waals surface area contributed by atoms with Crippen molar-refractivity contribution in [2.24, 2.45) is 5.92 Å². The summed E-state index contributed by atoms with van der Waals surface area (Å²) in [4.78, 5) is 0.0678. The van der Waals surface area contributed by atoms with Crippen molar-refractivity contribution in [3.8, 4) is 6.07 Å². The molecule has 108 valence electrons. The molecule has 1 heterocycles. The van der Waals surface area contributed by atoms with Crippen LogP contribution in [0.15, 0.2) is 23.1 Å². The van der Waals surface area contributed by atoms with E-state index < -0.39 is 10.0 Å². The molecule has 0 aliphatic carbocycles. The molecule has 0 spiro atoms. The molecule has 5 nitrogen and oxygen atoms in total. The summed E-state index contributed by atoms with van der Waals surface area (Å²) >= 11 is 5.85. The molecular formula is C13H15ClN2O3S. The summed E-state index contributed by atoms with van der Waals surface area (Å²) in [5.74, 6) is 0.201. The molecule has 1 N–H and O–H groups in total. The Morgan fingerprint density at radius 3 is 2.90 bits per heavy atom. The number of nitrogens with zero attached hydrogens (tertiary/aromatic N) is 1. The van der Waals surface area contributed by atoms with Gasteiger partial charge in [-0.05, 0) is 37.0 Å². The number of hydrogen-bond acceptors (Lipinski definition) is 4. The Labute approximate surface area is 123 Å². The number of hydrogen-bond donors (Lipinski definition) is 1. The maximum absolute atomic E-state index is 12.1. The summed E-state index contributed by atoms with van der Waals surface area (Å²) in [7, 11) is -3.61. The zero-order valence-electron chi connectivity index (χ0n) is 10.8. The van der Waals surface area contributed by atoms with Crippen LogP contribution < -0.4 is 4.72 Å². The standard InChI is InChI=1S/C13H15ClN2O3S/c14-13-6-12(4-3-11(13)7-15)20(17,18)16-8-10-2-1-5-19-9-10/h3-4,6,10,16H,1-2,5,8-9H2. The van der Waals surface area contributed by atoms with Crippen LogP contribution in [0.4, 0.5) is 0 Å². The molecular weight excluding hydrogens is 300 g/mol. The Kier molecular flexibility index (Phi) is 5.00. The van der Waals surface area contributed by atoms with Crippen LogP contribution in [-0.2, 0) is 14.8 Å². The molecule has 0 aromatic heterocycles. The van der Waals surface area contributed by atoms with E-state index in [0.717, 1.165) is 19.4 Å². The minimum Gasteiger partial charge on any atom is -0.381 e. The van der Waals surface area contributed by atoms with Gasteiger partial charge in [-0.1, -0.05) is 11.6 Å². The van der Waals surface area contributed by atoms with E-state index in [2.05, 4.69) is 4.72 Å². The van der Waals surface area contributed by atoms with Crippen molar-refractivity contribution in [2.75, 3.05) is 19.8 Å². The minimum absolute atomic E-state index is 0.0678. The number of sulfonamides is 1. The van der Waals surface area contributed by atoms with Crippen molar-refractivity contribution < 1.29 is 13.2 Å². The molecule has 7 heteroatoms. The van der Waals surface area contributed by atoms with Crippen LogP contribution in [0.5, 0.6) is 0 Å². The zero-order chi connectivity index (χ0) is 14.6. The van der Waals surface area contributed by atoms with Gasteiger partial charge >= 0.3 is 0 Å². The van der Waals surface area contributed by atoms with Gasteiger partial charge in [0.15, 0.2) is 0 Å². The second-order valence-electron chi connectivity index (χ2n) is 4.69. The first-order valence-corrected chi connectivity index (χ1v) is 8.16. The minimum atomic E-state index is -3.61. The number of rotatable bonds is 4. The highest BCUT2D eigenvalue weighted by Gasteiger charge is 2.19. The van der Waals surface area contributed by atoms with Crippen LogP contribution in [0, 0.1) is 17.2 Å². The van der Waals surface area contributed by atoms with Crippen molar-refractivity contribution in [2.45, 2.75) is 17.7 Å². The van der Waals surface area contributed by atoms with E-state index in [-0.39, 0.29) is 21.4 Å². The fraction of sp³-hybridized carbons (Fsp3) is 0.462. The number of nitriles is 1. The molecule has 1 aromatic carbocycles. The molecule has 20 heavy (non-hydrogen) atoms. The zero-order valence-corrected chi connectivity index (χ0v) is 12.4. The largest absolute Gasteiger partial charge is 0.381 e. The first-order valence-electron chi connectivity index (χ1n) is 6.30. The van der Waals surface area contributed by atoms with E-state index in [0.29, 0.717) is 13.2 Å². The lowest BCUT2D eigenvalue weighted by atomic mass is 10.0. The van der Waals surface area contributed by atoms with E-state index in [1.807, 2.05) is 6.07 Å². The summed E-state index contributed by atoms with van der Waals surface area (Å²) in [5.41, 5.74) is 0.256. The second kappa shape index (κ2) is 6.55. The summed E-state index contributed by atoms with van der Waals surface area (Å²) in [5, 5.41) is 8.91. The maximum atomic E-state index is 12.1. The number of halogens is 1. The lowest BCUT2D eigenvalue weighted by Crippen LogP contribution is -2.33. The number of ether oxygens (including phenoxy) is 1. The van der Waals surface area contributed by atoms with Gasteiger partial charge in [0, 0.05) is 13.2 Å². The van der Waals surface area contributed by atoms with Crippen molar-refractivity contribution in [3.63, 3.8) is 0 Å². The first-order chi connectivity index (χ1) is 9.53. The molecule has 1 fully saturated rings. The van der Waals surface area contributed by atoms with Crippen molar-refractivity contribution >= 4 is 21.6 Å². The molecule has 1 atom stereocenters. The van der Waals surface area contributed by atoms with Crippen LogP contribution in [0.3, 0.4) is 0 Å². The molecule has 1 aliphatic heterocycles. The van der Waals surface area contributed by atoms with Crippen LogP contribution in [0.2, 0.25) is 5.02 Å². The van der Waals surface area contributed by atoms with Crippen molar-refractivity contribution in [1.82, 2.24) is 4.72 Å². The van der Waals surface area contributed by atoms with Crippen LogP contribution >= 0.6 is 11.6 Å². The molecule has 0 bridgehead atoms. The number of nitrogens with one attached hydrogen (secondary N) is 1. The van der Waals surface area contributed by atoms with Crippen molar-refractivity contribution in [3.05, 3.63) is 28.8 Å². The molecule has 1 aliphatic rings. The van der Waals surface area contributed by atoms with Crippen molar-refractivity contribution in [1.29, 1.82) is 5.26 Å². The second-order valence-corrected chi connectivity index (χ2v) is 6.86. The topological polar surface area (TPSA) is 79.2 Å². The van der Waals surface area contributed by atoms with Crippen LogP contribution in [0.25, 0.3) is 0 Å². The Morgan fingerprint density at radius 1 is 1.50 bits per heavy atom. The summed E-state index contributed by atoms with van der Waals surface area (Å²) in [6, 6.07) is 5.97. The monoisotopic (exact) mass is 314 g/mol. The van der Waals surface area contributed by atoms with Gasteiger partial charge in [0.25, 0.3) is 0 Å². The van der Waals surface area contributed by atoms with Crippen LogP contribution in [-0.4, -0.2) is 28.2 Å². The highest BCUT2D eigenvalue weighted by atomic mass is 35.5. The van der Waals surface area contributed by atoms with E-state index >= 15 is 0 Å². The molecule has 0 radical (unpaired) electrons. The Bertz CT molecular complexity index is 619. The van der Waals surface area contributed by atoms with Gasteiger partial charge in [0.2, 0.25) is 10.0 Å². The SMILES string of the molecule is N#Cc1ccc(S(=O)(=O)NCC2CCCOC2)cc1Cl. The lowest BCUT2D eigenvalue weighted by molar-refractivity contribution is 0.0568. The summed E-state index contributed by atoms with van der Waals surface area (Å²) in [6.07, 6.45) is 1.91. The van der Waals surface area contributed by atoms with Gasteiger partial charge in [-0.15, -0.1) is 0 Å². The first kappa shape index (κ1) is 15.3. The summed E-state index contributed by atoms with van der Waals surface area (Å²) < 4.78 is 32.1. The lowest BCUT2D eigenvalue weighted by Gasteiger charge is -2.22. The smallest absolute Gasteiger partial charge is 0.240 e. The molecule has 1 saturated heterocycles. The third kappa shape index (κ3) is 3.70. The third-order valence-electron chi connectivity index (χ3n) is 3.19. The average molecular weight is 315 g/mol. The normalized spacial score (nSPS) is 19.5. The van der Waals surface area contributed by atoms with Gasteiger partial charge in [-0.2, -0.15) is 5.26 Å². The maximum Gasteiger partial charge on any atom is 0.240 e. The predicted octanol–water partition coefficient (Wildman–Crippen LogP) is 1.92. The van der Waals surface area contributed by atoms with Gasteiger partial charge in [-0.3, -0.25) is 0 Å². The molecule has 2 rings (SSSR count). The summed E-state index contributed by atoms with van der Waals surface area (Å²) in [6.45, 7) is 1.67.